The fourth-order valence-corrected chi connectivity index (χ4v) is 1.87. The summed E-state index contributed by atoms with van der Waals surface area (Å²) in [6, 6.07) is 4.92. The smallest absolute Gasteiger partial charge is 0.338 e. The van der Waals surface area contributed by atoms with E-state index in [0.29, 0.717) is 10.0 Å². The molecule has 0 atom stereocenters. The maximum atomic E-state index is 13.5. The van der Waals surface area contributed by atoms with E-state index in [0.717, 1.165) is 12.1 Å². The molecule has 0 saturated heterocycles. The van der Waals surface area contributed by atoms with Gasteiger partial charge in [-0.1, -0.05) is 0 Å². The van der Waals surface area contributed by atoms with Gasteiger partial charge in [0.05, 0.1) is 11.1 Å². The topological polar surface area (TPSA) is 79.3 Å². The highest BCUT2D eigenvalue weighted by Crippen LogP contribution is 2.16. The standard InChI is InChI=1S/C13H8BrFN2O3/c14-8-3-7(5-16-6-8)12(18)17-9-1-2-10(13(19)20)11(15)4-9/h1-6H,(H,17,18)(H,19,20). The van der Waals surface area contributed by atoms with Crippen LogP contribution in [0.1, 0.15) is 20.7 Å². The lowest BCUT2D eigenvalue weighted by Crippen LogP contribution is -2.13. The highest BCUT2D eigenvalue weighted by Gasteiger charge is 2.12. The normalized spacial score (nSPS) is 10.1. The van der Waals surface area contributed by atoms with Crippen LogP contribution in [0.2, 0.25) is 0 Å². The first-order chi connectivity index (χ1) is 9.47. The van der Waals surface area contributed by atoms with Crippen molar-refractivity contribution in [1.29, 1.82) is 0 Å². The Morgan fingerprint density at radius 3 is 2.60 bits per heavy atom. The van der Waals surface area contributed by atoms with E-state index in [1.165, 1.54) is 18.5 Å². The summed E-state index contributed by atoms with van der Waals surface area (Å²) in [4.78, 5) is 26.4. The van der Waals surface area contributed by atoms with Gasteiger partial charge < -0.3 is 10.4 Å². The number of carboxylic acids is 1. The minimum absolute atomic E-state index is 0.164. The summed E-state index contributed by atoms with van der Waals surface area (Å²) in [6.45, 7) is 0. The zero-order chi connectivity index (χ0) is 14.7. The molecule has 0 spiro atoms. The SMILES string of the molecule is O=C(Nc1ccc(C(=O)O)c(F)c1)c1cncc(Br)c1. The quantitative estimate of drug-likeness (QED) is 0.901. The van der Waals surface area contributed by atoms with Gasteiger partial charge in [0.25, 0.3) is 5.91 Å². The van der Waals surface area contributed by atoms with Crippen LogP contribution in [-0.2, 0) is 0 Å². The number of carbonyl (C=O) groups is 2. The number of nitrogens with zero attached hydrogens (tertiary/aromatic N) is 1. The van der Waals surface area contributed by atoms with E-state index in [4.69, 9.17) is 5.11 Å². The summed E-state index contributed by atoms with van der Waals surface area (Å²) in [5, 5.41) is 11.2. The van der Waals surface area contributed by atoms with E-state index in [-0.39, 0.29) is 5.69 Å². The largest absolute Gasteiger partial charge is 0.478 e. The first kappa shape index (κ1) is 14.1. The molecule has 2 N–H and O–H groups in total. The van der Waals surface area contributed by atoms with E-state index in [1.54, 1.807) is 6.07 Å². The molecule has 5 nitrogen and oxygen atoms in total. The summed E-state index contributed by atoms with van der Waals surface area (Å²) in [5.41, 5.74) is 0.00620. The number of halogens is 2. The monoisotopic (exact) mass is 338 g/mol. The molecule has 20 heavy (non-hydrogen) atoms. The summed E-state index contributed by atoms with van der Waals surface area (Å²) in [7, 11) is 0. The zero-order valence-corrected chi connectivity index (χ0v) is 11.5. The van der Waals surface area contributed by atoms with Crippen molar-refractivity contribution in [3.05, 3.63) is 58.1 Å². The van der Waals surface area contributed by atoms with Gasteiger partial charge in [0.1, 0.15) is 5.82 Å². The number of amides is 1. The first-order valence-corrected chi connectivity index (χ1v) is 6.21. The Kier molecular flexibility index (Phi) is 4.09. The van der Waals surface area contributed by atoms with Crippen LogP contribution in [0.4, 0.5) is 10.1 Å². The molecular formula is C13H8BrFN2O3. The van der Waals surface area contributed by atoms with Crippen molar-refractivity contribution < 1.29 is 19.1 Å². The number of hydrogen-bond acceptors (Lipinski definition) is 3. The van der Waals surface area contributed by atoms with Crippen LogP contribution in [0, 0.1) is 5.82 Å². The van der Waals surface area contributed by atoms with Gasteiger partial charge in [-0.05, 0) is 40.2 Å². The fraction of sp³-hybridized carbons (Fsp3) is 0. The van der Waals surface area contributed by atoms with Crippen molar-refractivity contribution in [2.24, 2.45) is 0 Å². The van der Waals surface area contributed by atoms with Gasteiger partial charge in [-0.2, -0.15) is 0 Å². The number of aromatic carboxylic acids is 1. The molecule has 0 aliphatic rings. The number of anilines is 1. The van der Waals surface area contributed by atoms with Gasteiger partial charge in [-0.15, -0.1) is 0 Å². The lowest BCUT2D eigenvalue weighted by Gasteiger charge is -2.06. The van der Waals surface area contributed by atoms with Crippen LogP contribution in [0.3, 0.4) is 0 Å². The molecule has 2 rings (SSSR count). The summed E-state index contributed by atoms with van der Waals surface area (Å²) < 4.78 is 14.1. The Morgan fingerprint density at radius 1 is 1.25 bits per heavy atom. The first-order valence-electron chi connectivity index (χ1n) is 5.42. The number of carboxylic acid groups (broad SMARTS) is 1. The minimum Gasteiger partial charge on any atom is -0.478 e. The molecule has 7 heteroatoms. The average molecular weight is 339 g/mol. The van der Waals surface area contributed by atoms with E-state index in [2.05, 4.69) is 26.2 Å². The number of rotatable bonds is 3. The second-order valence-electron chi connectivity index (χ2n) is 3.85. The van der Waals surface area contributed by atoms with Crippen molar-refractivity contribution in [3.8, 4) is 0 Å². The molecule has 0 aliphatic heterocycles. The summed E-state index contributed by atoms with van der Waals surface area (Å²) >= 11 is 3.19. The lowest BCUT2D eigenvalue weighted by atomic mass is 10.2. The molecule has 1 amide bonds. The molecule has 1 heterocycles. The molecule has 1 aromatic heterocycles. The second-order valence-corrected chi connectivity index (χ2v) is 4.76. The summed E-state index contributed by atoms with van der Waals surface area (Å²) in [6.07, 6.45) is 2.89. The number of pyridine rings is 1. The van der Waals surface area contributed by atoms with E-state index in [1.807, 2.05) is 0 Å². The molecule has 0 bridgehead atoms. The second kappa shape index (κ2) is 5.79. The number of aromatic nitrogens is 1. The predicted molar refractivity (Wildman–Crippen MR) is 73.2 cm³/mol. The molecule has 0 radical (unpaired) electrons. The number of nitrogens with one attached hydrogen (secondary N) is 1. The van der Waals surface area contributed by atoms with Crippen molar-refractivity contribution in [2.75, 3.05) is 5.32 Å². The number of benzene rings is 1. The maximum absolute atomic E-state index is 13.5. The van der Waals surface area contributed by atoms with Gasteiger partial charge in [0, 0.05) is 22.6 Å². The van der Waals surface area contributed by atoms with Gasteiger partial charge in [0.2, 0.25) is 0 Å². The van der Waals surface area contributed by atoms with E-state index >= 15 is 0 Å². The molecule has 1 aromatic carbocycles. The molecule has 0 unspecified atom stereocenters. The van der Waals surface area contributed by atoms with Crippen LogP contribution < -0.4 is 5.32 Å². The van der Waals surface area contributed by atoms with Gasteiger partial charge in [0.15, 0.2) is 0 Å². The van der Waals surface area contributed by atoms with Crippen LogP contribution >= 0.6 is 15.9 Å². The Hall–Kier alpha value is -2.28. The highest BCUT2D eigenvalue weighted by atomic mass is 79.9. The Bertz CT molecular complexity index is 691. The third-order valence-electron chi connectivity index (χ3n) is 2.42. The molecule has 102 valence electrons. The molecule has 0 saturated carbocycles. The van der Waals surface area contributed by atoms with Crippen LogP contribution in [0.15, 0.2) is 41.1 Å². The van der Waals surface area contributed by atoms with Gasteiger partial charge in [-0.25, -0.2) is 9.18 Å². The third-order valence-corrected chi connectivity index (χ3v) is 2.86. The average Bonchev–Trinajstić information content (AvgIpc) is 2.38. The van der Waals surface area contributed by atoms with E-state index in [9.17, 15) is 14.0 Å². The van der Waals surface area contributed by atoms with Crippen molar-refractivity contribution >= 4 is 33.5 Å². The third kappa shape index (κ3) is 3.18. The fourth-order valence-electron chi connectivity index (χ4n) is 1.51. The molecule has 2 aromatic rings. The minimum atomic E-state index is -1.36. The van der Waals surface area contributed by atoms with Crippen molar-refractivity contribution in [1.82, 2.24) is 4.98 Å². The van der Waals surface area contributed by atoms with Gasteiger partial charge in [-0.3, -0.25) is 9.78 Å². The zero-order valence-electron chi connectivity index (χ0n) is 9.93. The summed E-state index contributed by atoms with van der Waals surface area (Å²) in [5.74, 6) is -2.75. The Labute approximate surface area is 121 Å². The van der Waals surface area contributed by atoms with Crippen LogP contribution in [-0.4, -0.2) is 22.0 Å². The van der Waals surface area contributed by atoms with E-state index < -0.39 is 23.3 Å². The lowest BCUT2D eigenvalue weighted by molar-refractivity contribution is 0.0692. The molecule has 0 aliphatic carbocycles. The number of carbonyl (C=O) groups excluding carboxylic acids is 1. The maximum Gasteiger partial charge on any atom is 0.338 e. The van der Waals surface area contributed by atoms with Crippen molar-refractivity contribution in [2.45, 2.75) is 0 Å². The highest BCUT2D eigenvalue weighted by molar-refractivity contribution is 9.10. The van der Waals surface area contributed by atoms with Crippen LogP contribution in [0.25, 0.3) is 0 Å². The Morgan fingerprint density at radius 2 is 2.00 bits per heavy atom. The Balaban J connectivity index is 2.20. The van der Waals surface area contributed by atoms with Gasteiger partial charge >= 0.3 is 5.97 Å². The molecular weight excluding hydrogens is 331 g/mol. The molecule has 0 fully saturated rings. The van der Waals surface area contributed by atoms with Crippen molar-refractivity contribution in [3.63, 3.8) is 0 Å². The number of hydrogen-bond donors (Lipinski definition) is 2. The predicted octanol–water partition coefficient (Wildman–Crippen LogP) is 2.93. The van der Waals surface area contributed by atoms with Crippen LogP contribution in [0.5, 0.6) is 0 Å².